The lowest BCUT2D eigenvalue weighted by atomic mass is 9.99. The molecule has 104 valence electrons. The van der Waals surface area contributed by atoms with Crippen molar-refractivity contribution in [3.05, 3.63) is 29.8 Å². The van der Waals surface area contributed by atoms with Crippen molar-refractivity contribution < 1.29 is 14.3 Å². The SMILES string of the molecule is COc1cccc(C(=O)N2C[C@H](C)OCC2(C)C)c1. The van der Waals surface area contributed by atoms with Gasteiger partial charge < -0.3 is 14.4 Å². The molecular weight excluding hydrogens is 242 g/mol. The third-order valence-corrected chi connectivity index (χ3v) is 3.45. The lowest BCUT2D eigenvalue weighted by Gasteiger charge is -2.44. The summed E-state index contributed by atoms with van der Waals surface area (Å²) in [5.41, 5.74) is 0.369. The summed E-state index contributed by atoms with van der Waals surface area (Å²) >= 11 is 0. The van der Waals surface area contributed by atoms with Gasteiger partial charge in [0.15, 0.2) is 0 Å². The number of hydrogen-bond acceptors (Lipinski definition) is 3. The summed E-state index contributed by atoms with van der Waals surface area (Å²) in [5, 5.41) is 0. The van der Waals surface area contributed by atoms with Gasteiger partial charge in [-0.05, 0) is 39.0 Å². The predicted octanol–water partition coefficient (Wildman–Crippen LogP) is 2.33. The van der Waals surface area contributed by atoms with E-state index in [2.05, 4.69) is 0 Å². The van der Waals surface area contributed by atoms with Crippen LogP contribution in [0.25, 0.3) is 0 Å². The van der Waals surface area contributed by atoms with Crippen LogP contribution in [0.3, 0.4) is 0 Å². The van der Waals surface area contributed by atoms with E-state index in [1.54, 1.807) is 13.2 Å². The van der Waals surface area contributed by atoms with E-state index in [4.69, 9.17) is 9.47 Å². The Morgan fingerprint density at radius 2 is 2.21 bits per heavy atom. The number of morpholine rings is 1. The van der Waals surface area contributed by atoms with Crippen LogP contribution in [0.15, 0.2) is 24.3 Å². The number of ether oxygens (including phenoxy) is 2. The van der Waals surface area contributed by atoms with Gasteiger partial charge in [-0.1, -0.05) is 6.07 Å². The van der Waals surface area contributed by atoms with E-state index in [1.165, 1.54) is 0 Å². The van der Waals surface area contributed by atoms with E-state index in [9.17, 15) is 4.79 Å². The van der Waals surface area contributed by atoms with E-state index in [0.29, 0.717) is 24.5 Å². The Kier molecular flexibility index (Phi) is 3.80. The monoisotopic (exact) mass is 263 g/mol. The lowest BCUT2D eigenvalue weighted by molar-refractivity contribution is -0.0756. The normalized spacial score (nSPS) is 22.1. The summed E-state index contributed by atoms with van der Waals surface area (Å²) in [7, 11) is 1.60. The molecule has 0 unspecified atom stereocenters. The highest BCUT2D eigenvalue weighted by Gasteiger charge is 2.37. The maximum atomic E-state index is 12.6. The highest BCUT2D eigenvalue weighted by atomic mass is 16.5. The maximum Gasteiger partial charge on any atom is 0.254 e. The van der Waals surface area contributed by atoms with Crippen LogP contribution >= 0.6 is 0 Å². The molecule has 4 heteroatoms. The fourth-order valence-corrected chi connectivity index (χ4v) is 2.25. The van der Waals surface area contributed by atoms with Crippen LogP contribution in [0.5, 0.6) is 5.75 Å². The minimum absolute atomic E-state index is 0.0269. The van der Waals surface area contributed by atoms with Gasteiger partial charge in [0, 0.05) is 12.1 Å². The van der Waals surface area contributed by atoms with E-state index in [1.807, 2.05) is 43.9 Å². The van der Waals surface area contributed by atoms with Gasteiger partial charge in [-0.3, -0.25) is 4.79 Å². The number of carbonyl (C=O) groups excluding carboxylic acids is 1. The zero-order valence-electron chi connectivity index (χ0n) is 12.0. The summed E-state index contributed by atoms with van der Waals surface area (Å²) in [6, 6.07) is 7.27. The second kappa shape index (κ2) is 5.21. The average molecular weight is 263 g/mol. The molecule has 4 nitrogen and oxygen atoms in total. The van der Waals surface area contributed by atoms with Crippen molar-refractivity contribution in [2.45, 2.75) is 32.4 Å². The van der Waals surface area contributed by atoms with Gasteiger partial charge in [0.1, 0.15) is 5.75 Å². The maximum absolute atomic E-state index is 12.6. The number of hydrogen-bond donors (Lipinski definition) is 0. The van der Waals surface area contributed by atoms with Crippen LogP contribution < -0.4 is 4.74 Å². The molecule has 1 aromatic rings. The first-order chi connectivity index (χ1) is 8.94. The van der Waals surface area contributed by atoms with Gasteiger partial charge in [-0.15, -0.1) is 0 Å². The highest BCUT2D eigenvalue weighted by molar-refractivity contribution is 5.95. The van der Waals surface area contributed by atoms with Crippen molar-refractivity contribution in [1.29, 1.82) is 0 Å². The predicted molar refractivity (Wildman–Crippen MR) is 73.5 cm³/mol. The van der Waals surface area contributed by atoms with Gasteiger partial charge >= 0.3 is 0 Å². The lowest BCUT2D eigenvalue weighted by Crippen LogP contribution is -2.57. The molecule has 0 saturated carbocycles. The number of benzene rings is 1. The van der Waals surface area contributed by atoms with Crippen molar-refractivity contribution in [2.75, 3.05) is 20.3 Å². The smallest absolute Gasteiger partial charge is 0.254 e. The van der Waals surface area contributed by atoms with Crippen LogP contribution in [0.2, 0.25) is 0 Å². The first-order valence-corrected chi connectivity index (χ1v) is 6.51. The number of methoxy groups -OCH3 is 1. The Balaban J connectivity index is 2.26. The number of rotatable bonds is 2. The molecule has 19 heavy (non-hydrogen) atoms. The van der Waals surface area contributed by atoms with Crippen molar-refractivity contribution in [3.8, 4) is 5.75 Å². The van der Waals surface area contributed by atoms with Crippen LogP contribution in [-0.4, -0.2) is 42.7 Å². The highest BCUT2D eigenvalue weighted by Crippen LogP contribution is 2.25. The molecule has 2 rings (SSSR count). The van der Waals surface area contributed by atoms with Gasteiger partial charge in [0.2, 0.25) is 0 Å². The Bertz CT molecular complexity index is 470. The molecule has 1 amide bonds. The van der Waals surface area contributed by atoms with Crippen LogP contribution in [0, 0.1) is 0 Å². The molecule has 1 aromatic carbocycles. The topological polar surface area (TPSA) is 38.8 Å². The fourth-order valence-electron chi connectivity index (χ4n) is 2.25. The first-order valence-electron chi connectivity index (χ1n) is 6.51. The van der Waals surface area contributed by atoms with Gasteiger partial charge in [-0.2, -0.15) is 0 Å². The summed E-state index contributed by atoms with van der Waals surface area (Å²) < 4.78 is 10.8. The number of nitrogens with zero attached hydrogens (tertiary/aromatic N) is 1. The molecule has 0 radical (unpaired) electrons. The molecular formula is C15H21NO3. The second-order valence-electron chi connectivity index (χ2n) is 5.58. The largest absolute Gasteiger partial charge is 0.497 e. The standard InChI is InChI=1S/C15H21NO3/c1-11-9-16(15(2,3)10-19-11)14(17)12-6-5-7-13(8-12)18-4/h5-8,11H,9-10H2,1-4H3/t11-/m0/s1. The van der Waals surface area contributed by atoms with Crippen LogP contribution in [-0.2, 0) is 4.74 Å². The molecule has 1 saturated heterocycles. The van der Waals surface area contributed by atoms with E-state index in [0.717, 1.165) is 0 Å². The first kappa shape index (κ1) is 13.9. The molecule has 0 bridgehead atoms. The second-order valence-corrected chi connectivity index (χ2v) is 5.58. The molecule has 1 atom stereocenters. The minimum atomic E-state index is -0.285. The third-order valence-electron chi connectivity index (χ3n) is 3.45. The summed E-state index contributed by atoms with van der Waals surface area (Å²) in [6.45, 7) is 7.21. The average Bonchev–Trinajstić information content (AvgIpc) is 2.41. The van der Waals surface area contributed by atoms with Gasteiger partial charge in [0.05, 0.1) is 25.4 Å². The van der Waals surface area contributed by atoms with E-state index >= 15 is 0 Å². The molecule has 0 N–H and O–H groups in total. The number of carbonyl (C=O) groups is 1. The number of amides is 1. The summed E-state index contributed by atoms with van der Waals surface area (Å²) in [5.74, 6) is 0.726. The minimum Gasteiger partial charge on any atom is -0.497 e. The zero-order chi connectivity index (χ0) is 14.0. The van der Waals surface area contributed by atoms with Gasteiger partial charge in [-0.25, -0.2) is 0 Å². The Labute approximate surface area is 114 Å². The molecule has 1 heterocycles. The summed E-state index contributed by atoms with van der Waals surface area (Å²) in [4.78, 5) is 14.5. The Morgan fingerprint density at radius 1 is 1.47 bits per heavy atom. The Morgan fingerprint density at radius 3 is 2.89 bits per heavy atom. The third kappa shape index (κ3) is 2.89. The van der Waals surface area contributed by atoms with Crippen LogP contribution in [0.1, 0.15) is 31.1 Å². The van der Waals surface area contributed by atoms with E-state index in [-0.39, 0.29) is 17.6 Å². The Hall–Kier alpha value is -1.55. The molecule has 1 aliphatic rings. The van der Waals surface area contributed by atoms with Crippen molar-refractivity contribution in [3.63, 3.8) is 0 Å². The molecule has 0 aromatic heterocycles. The quantitative estimate of drug-likeness (QED) is 0.822. The molecule has 1 aliphatic heterocycles. The summed E-state index contributed by atoms with van der Waals surface area (Å²) in [6.07, 6.45) is 0.0718. The van der Waals surface area contributed by atoms with Crippen molar-refractivity contribution in [1.82, 2.24) is 4.90 Å². The van der Waals surface area contributed by atoms with E-state index < -0.39 is 0 Å². The molecule has 1 fully saturated rings. The van der Waals surface area contributed by atoms with Gasteiger partial charge in [0.25, 0.3) is 5.91 Å². The van der Waals surface area contributed by atoms with Crippen molar-refractivity contribution >= 4 is 5.91 Å². The zero-order valence-corrected chi connectivity index (χ0v) is 12.0. The van der Waals surface area contributed by atoms with Crippen LogP contribution in [0.4, 0.5) is 0 Å². The van der Waals surface area contributed by atoms with Crippen molar-refractivity contribution in [2.24, 2.45) is 0 Å². The fraction of sp³-hybridized carbons (Fsp3) is 0.533. The molecule has 0 spiro atoms. The molecule has 0 aliphatic carbocycles.